The van der Waals surface area contributed by atoms with E-state index in [1.54, 1.807) is 12.1 Å². The van der Waals surface area contributed by atoms with Crippen LogP contribution in [0, 0.1) is 0 Å². The van der Waals surface area contributed by atoms with Gasteiger partial charge < -0.3 is 20.9 Å². The molecule has 1 rings (SSSR count). The summed E-state index contributed by atoms with van der Waals surface area (Å²) in [4.78, 5) is 0.563. The van der Waals surface area contributed by atoms with E-state index in [2.05, 4.69) is 0 Å². The fourth-order valence-electron chi connectivity index (χ4n) is 0.986. The lowest BCUT2D eigenvalue weighted by Gasteiger charge is -2.11. The van der Waals surface area contributed by atoms with E-state index in [9.17, 15) is 0 Å². The molecular weight excluding hydrogens is 244 g/mol. The topological polar surface area (TPSA) is 70.5 Å². The van der Waals surface area contributed by atoms with Crippen LogP contribution in [0.4, 0.5) is 0 Å². The number of thiocarbonyl (C=S) groups is 2. The number of ether oxygens (including phenoxy) is 2. The van der Waals surface area contributed by atoms with Gasteiger partial charge in [0.25, 0.3) is 0 Å². The Hall–Kier alpha value is -1.40. The lowest BCUT2D eigenvalue weighted by molar-refractivity contribution is 0.321. The van der Waals surface area contributed by atoms with E-state index in [0.717, 1.165) is 0 Å². The van der Waals surface area contributed by atoms with Gasteiger partial charge >= 0.3 is 0 Å². The molecule has 0 aliphatic carbocycles. The molecule has 0 fully saturated rings. The highest BCUT2D eigenvalue weighted by atomic mass is 32.1. The quantitative estimate of drug-likeness (QED) is 0.740. The van der Waals surface area contributed by atoms with Crippen molar-refractivity contribution in [2.75, 3.05) is 13.2 Å². The van der Waals surface area contributed by atoms with E-state index >= 15 is 0 Å². The number of hydrogen-bond donors (Lipinski definition) is 2. The summed E-state index contributed by atoms with van der Waals surface area (Å²) in [5.41, 5.74) is 10.7. The molecule has 0 saturated carbocycles. The number of benzene rings is 1. The molecule has 16 heavy (non-hydrogen) atoms. The molecular formula is C10H12N2O2S2. The Labute approximate surface area is 105 Å². The minimum absolute atomic E-state index is 0.169. The molecule has 0 atom stereocenters. The SMILES string of the molecule is NC(=S)COc1ccccc1OCC(N)=S. The minimum atomic E-state index is 0.169. The second kappa shape index (κ2) is 6.24. The average molecular weight is 256 g/mol. The van der Waals surface area contributed by atoms with Gasteiger partial charge in [-0.2, -0.15) is 0 Å². The summed E-state index contributed by atoms with van der Waals surface area (Å²) in [6, 6.07) is 7.16. The van der Waals surface area contributed by atoms with Gasteiger partial charge in [0.2, 0.25) is 0 Å². The first-order chi connectivity index (χ1) is 7.59. The monoisotopic (exact) mass is 256 g/mol. The van der Waals surface area contributed by atoms with Gasteiger partial charge in [-0.15, -0.1) is 0 Å². The normalized spacial score (nSPS) is 9.50. The van der Waals surface area contributed by atoms with E-state index in [4.69, 9.17) is 45.4 Å². The van der Waals surface area contributed by atoms with Gasteiger partial charge in [-0.1, -0.05) is 36.6 Å². The summed E-state index contributed by atoms with van der Waals surface area (Å²) < 4.78 is 10.7. The summed E-state index contributed by atoms with van der Waals surface area (Å²) in [6.07, 6.45) is 0. The van der Waals surface area contributed by atoms with Crippen molar-refractivity contribution in [3.8, 4) is 11.5 Å². The van der Waals surface area contributed by atoms with Crippen molar-refractivity contribution < 1.29 is 9.47 Å². The van der Waals surface area contributed by atoms with Crippen LogP contribution in [0.2, 0.25) is 0 Å². The zero-order chi connectivity index (χ0) is 12.0. The maximum absolute atomic E-state index is 5.36. The molecule has 0 aliphatic heterocycles. The van der Waals surface area contributed by atoms with Gasteiger partial charge in [-0.3, -0.25) is 0 Å². The van der Waals surface area contributed by atoms with Crippen LogP contribution in [0.5, 0.6) is 11.5 Å². The summed E-state index contributed by atoms with van der Waals surface area (Å²) in [5.74, 6) is 1.12. The number of para-hydroxylation sites is 2. The van der Waals surface area contributed by atoms with Crippen LogP contribution in [0.3, 0.4) is 0 Å². The van der Waals surface area contributed by atoms with E-state index in [0.29, 0.717) is 11.5 Å². The van der Waals surface area contributed by atoms with E-state index in [1.165, 1.54) is 0 Å². The molecule has 4 N–H and O–H groups in total. The Bertz CT molecular complexity index is 359. The lowest BCUT2D eigenvalue weighted by atomic mass is 10.3. The van der Waals surface area contributed by atoms with Crippen molar-refractivity contribution in [3.63, 3.8) is 0 Å². The Balaban J connectivity index is 2.67. The van der Waals surface area contributed by atoms with Crippen molar-refractivity contribution in [2.24, 2.45) is 11.5 Å². The first kappa shape index (κ1) is 12.7. The molecule has 0 spiro atoms. The first-order valence-corrected chi connectivity index (χ1v) is 5.32. The molecule has 1 aromatic rings. The predicted molar refractivity (Wildman–Crippen MR) is 71.0 cm³/mol. The van der Waals surface area contributed by atoms with Crippen LogP contribution < -0.4 is 20.9 Å². The number of hydrogen-bond acceptors (Lipinski definition) is 4. The van der Waals surface area contributed by atoms with Crippen LogP contribution in [0.15, 0.2) is 24.3 Å². The van der Waals surface area contributed by atoms with Crippen LogP contribution >= 0.6 is 24.4 Å². The number of nitrogens with two attached hydrogens (primary N) is 2. The van der Waals surface area contributed by atoms with Crippen molar-refractivity contribution in [3.05, 3.63) is 24.3 Å². The first-order valence-electron chi connectivity index (χ1n) is 4.51. The molecule has 0 amide bonds. The van der Waals surface area contributed by atoms with Gasteiger partial charge in [0.05, 0.1) is 0 Å². The molecule has 0 radical (unpaired) electrons. The van der Waals surface area contributed by atoms with E-state index < -0.39 is 0 Å². The van der Waals surface area contributed by atoms with Crippen LogP contribution in [0.25, 0.3) is 0 Å². The average Bonchev–Trinajstić information content (AvgIpc) is 2.24. The second-order valence-corrected chi connectivity index (χ2v) is 4.01. The largest absolute Gasteiger partial charge is 0.483 e. The maximum Gasteiger partial charge on any atom is 0.161 e. The molecule has 86 valence electrons. The van der Waals surface area contributed by atoms with Crippen LogP contribution in [0.1, 0.15) is 0 Å². The molecule has 0 unspecified atom stereocenters. The van der Waals surface area contributed by atoms with Crippen molar-refractivity contribution >= 4 is 34.4 Å². The molecule has 0 aromatic heterocycles. The third kappa shape index (κ3) is 4.41. The van der Waals surface area contributed by atoms with Gasteiger partial charge in [0.1, 0.15) is 23.2 Å². The van der Waals surface area contributed by atoms with Gasteiger partial charge in [0, 0.05) is 0 Å². The second-order valence-electron chi connectivity index (χ2n) is 2.96. The summed E-state index contributed by atoms with van der Waals surface area (Å²) >= 11 is 9.43. The van der Waals surface area contributed by atoms with E-state index in [1.807, 2.05) is 12.1 Å². The maximum atomic E-state index is 5.36. The zero-order valence-corrected chi connectivity index (χ0v) is 10.1. The molecule has 0 heterocycles. The Morgan fingerprint density at radius 2 is 1.31 bits per heavy atom. The molecule has 0 aliphatic rings. The van der Waals surface area contributed by atoms with Gasteiger partial charge in [-0.05, 0) is 12.1 Å². The van der Waals surface area contributed by atoms with Gasteiger partial charge in [-0.25, -0.2) is 0 Å². The smallest absolute Gasteiger partial charge is 0.161 e. The fourth-order valence-corrected chi connectivity index (χ4v) is 1.10. The van der Waals surface area contributed by atoms with Crippen molar-refractivity contribution in [1.82, 2.24) is 0 Å². The minimum Gasteiger partial charge on any atom is -0.483 e. The number of rotatable bonds is 6. The predicted octanol–water partition coefficient (Wildman–Crippen LogP) is 1.02. The molecule has 6 heteroatoms. The Morgan fingerprint density at radius 1 is 0.938 bits per heavy atom. The van der Waals surface area contributed by atoms with Gasteiger partial charge in [0.15, 0.2) is 11.5 Å². The third-order valence-corrected chi connectivity index (χ3v) is 1.82. The highest BCUT2D eigenvalue weighted by Crippen LogP contribution is 2.26. The highest BCUT2D eigenvalue weighted by molar-refractivity contribution is 7.80. The molecule has 1 aromatic carbocycles. The fraction of sp³-hybridized carbons (Fsp3) is 0.200. The molecule has 4 nitrogen and oxygen atoms in total. The highest BCUT2D eigenvalue weighted by Gasteiger charge is 2.04. The summed E-state index contributed by atoms with van der Waals surface area (Å²) in [6.45, 7) is 0.339. The van der Waals surface area contributed by atoms with Crippen LogP contribution in [-0.4, -0.2) is 23.2 Å². The van der Waals surface area contributed by atoms with Crippen molar-refractivity contribution in [2.45, 2.75) is 0 Å². The summed E-state index contributed by atoms with van der Waals surface area (Å²) in [5, 5.41) is 0. The van der Waals surface area contributed by atoms with E-state index in [-0.39, 0.29) is 23.2 Å². The van der Waals surface area contributed by atoms with Crippen LogP contribution in [-0.2, 0) is 0 Å². The summed E-state index contributed by atoms with van der Waals surface area (Å²) in [7, 11) is 0. The Kier molecular flexibility index (Phi) is 4.94. The zero-order valence-electron chi connectivity index (χ0n) is 8.51. The lowest BCUT2D eigenvalue weighted by Crippen LogP contribution is -2.20. The third-order valence-electron chi connectivity index (χ3n) is 1.59. The molecule has 0 bridgehead atoms. The standard InChI is InChI=1S/C10H12N2O2S2/c11-9(15)5-13-7-3-1-2-4-8(7)14-6-10(12)16/h1-4H,5-6H2,(H2,11,15)(H2,12,16). The van der Waals surface area contributed by atoms with Crippen molar-refractivity contribution in [1.29, 1.82) is 0 Å². The Morgan fingerprint density at radius 3 is 1.62 bits per heavy atom. The molecule has 0 saturated heterocycles.